The molecule has 0 radical (unpaired) electrons. The Bertz CT molecular complexity index is 172. The monoisotopic (exact) mass is 140 g/mol. The molecule has 0 aliphatic rings. The molecule has 3 nitrogen and oxygen atoms in total. The van der Waals surface area contributed by atoms with Crippen molar-refractivity contribution in [3.8, 4) is 0 Å². The molecule has 1 heterocycles. The third kappa shape index (κ3) is 1.52. The Morgan fingerprint density at radius 1 is 1.20 bits per heavy atom. The van der Waals surface area contributed by atoms with E-state index >= 15 is 0 Å². The molecule has 0 aliphatic heterocycles. The third-order valence-electron chi connectivity index (χ3n) is 1.31. The Balaban J connectivity index is 2.80. The zero-order valence-corrected chi connectivity index (χ0v) is 5.57. The van der Waals surface area contributed by atoms with Crippen molar-refractivity contribution in [2.24, 2.45) is 0 Å². The van der Waals surface area contributed by atoms with Crippen molar-refractivity contribution in [2.75, 3.05) is 0 Å². The molecule has 0 bridgehead atoms. The fraction of sp³-hybridized carbons (Fsp3) is 0.286. The number of aromatic nitrogens is 1. The van der Waals surface area contributed by atoms with Gasteiger partial charge in [0.05, 0.1) is 6.61 Å². The van der Waals surface area contributed by atoms with E-state index in [4.69, 9.17) is 10.2 Å². The van der Waals surface area contributed by atoms with Gasteiger partial charge >= 0.3 is 0 Å². The lowest BCUT2D eigenvalue weighted by molar-refractivity contribution is -0.730. The van der Waals surface area contributed by atoms with Gasteiger partial charge in [0.25, 0.3) is 0 Å². The van der Waals surface area contributed by atoms with Crippen LogP contribution in [0.3, 0.4) is 0 Å². The smallest absolute Gasteiger partial charge is 0.250 e. The van der Waals surface area contributed by atoms with Crippen molar-refractivity contribution in [2.45, 2.75) is 13.3 Å². The van der Waals surface area contributed by atoms with Crippen LogP contribution >= 0.6 is 0 Å². The van der Waals surface area contributed by atoms with Crippen LogP contribution in [0.4, 0.5) is 0 Å². The van der Waals surface area contributed by atoms with E-state index in [2.05, 4.69) is 0 Å². The predicted molar refractivity (Wildman–Crippen MR) is 34.8 cm³/mol. The largest absolute Gasteiger partial charge is 0.392 e. The summed E-state index contributed by atoms with van der Waals surface area (Å²) in [4.78, 5) is 0. The first-order valence-corrected chi connectivity index (χ1v) is 3.06. The first-order chi connectivity index (χ1) is 4.86. The summed E-state index contributed by atoms with van der Waals surface area (Å²) < 4.78 is 1.61. The number of pyridine rings is 1. The summed E-state index contributed by atoms with van der Waals surface area (Å²) in [7, 11) is 0. The van der Waals surface area contributed by atoms with Crippen LogP contribution in [0, 0.1) is 0 Å². The normalized spacial score (nSPS) is 9.80. The summed E-state index contributed by atoms with van der Waals surface area (Å²) >= 11 is 0. The van der Waals surface area contributed by atoms with E-state index in [1.165, 1.54) is 0 Å². The minimum Gasteiger partial charge on any atom is -0.392 e. The van der Waals surface area contributed by atoms with Crippen molar-refractivity contribution in [1.82, 2.24) is 0 Å². The van der Waals surface area contributed by atoms with Gasteiger partial charge in [-0.05, 0) is 5.56 Å². The van der Waals surface area contributed by atoms with Gasteiger partial charge in [-0.1, -0.05) is 0 Å². The molecule has 1 rings (SSSR count). The maximum absolute atomic E-state index is 8.63. The van der Waals surface area contributed by atoms with Crippen molar-refractivity contribution in [3.63, 3.8) is 0 Å². The van der Waals surface area contributed by atoms with Gasteiger partial charge in [-0.25, -0.2) is 0 Å². The standard InChI is InChI=1S/C7H10NO2/c9-5-7-1-3-8(6-10)4-2-7/h1-4,9-10H,5-6H2/q+1. The Hall–Kier alpha value is -0.930. The van der Waals surface area contributed by atoms with Crippen LogP contribution in [-0.4, -0.2) is 10.2 Å². The average Bonchev–Trinajstić information content (AvgIpc) is 2.05. The van der Waals surface area contributed by atoms with Crippen molar-refractivity contribution < 1.29 is 14.8 Å². The lowest BCUT2D eigenvalue weighted by Crippen LogP contribution is -2.32. The topological polar surface area (TPSA) is 44.3 Å². The van der Waals surface area contributed by atoms with Gasteiger partial charge in [0.2, 0.25) is 6.73 Å². The molecule has 0 saturated carbocycles. The number of hydrogen-bond acceptors (Lipinski definition) is 2. The number of hydrogen-bond donors (Lipinski definition) is 2. The molecule has 0 saturated heterocycles. The molecule has 1 aromatic heterocycles. The average molecular weight is 140 g/mol. The summed E-state index contributed by atoms with van der Waals surface area (Å²) in [5.41, 5.74) is 0.852. The zero-order chi connectivity index (χ0) is 7.40. The van der Waals surface area contributed by atoms with Gasteiger partial charge in [-0.2, -0.15) is 4.57 Å². The molecule has 0 aliphatic carbocycles. The molecule has 10 heavy (non-hydrogen) atoms. The lowest BCUT2D eigenvalue weighted by Gasteiger charge is -1.92. The highest BCUT2D eigenvalue weighted by atomic mass is 16.3. The van der Waals surface area contributed by atoms with E-state index in [0.717, 1.165) is 5.56 Å². The molecule has 0 spiro atoms. The summed E-state index contributed by atoms with van der Waals surface area (Å²) in [5.74, 6) is 0. The molecule has 0 atom stereocenters. The summed E-state index contributed by atoms with van der Waals surface area (Å²) in [6, 6.07) is 3.52. The van der Waals surface area contributed by atoms with Crippen LogP contribution in [0.25, 0.3) is 0 Å². The van der Waals surface area contributed by atoms with Gasteiger partial charge in [-0.15, -0.1) is 0 Å². The van der Waals surface area contributed by atoms with Gasteiger partial charge in [0.15, 0.2) is 12.4 Å². The highest BCUT2D eigenvalue weighted by Crippen LogP contribution is 1.92. The summed E-state index contributed by atoms with van der Waals surface area (Å²) in [6.07, 6.45) is 3.43. The number of aliphatic hydroxyl groups is 2. The number of nitrogens with zero attached hydrogens (tertiary/aromatic N) is 1. The van der Waals surface area contributed by atoms with E-state index in [0.29, 0.717) is 0 Å². The van der Waals surface area contributed by atoms with Crippen LogP contribution in [0.1, 0.15) is 5.56 Å². The number of rotatable bonds is 2. The van der Waals surface area contributed by atoms with E-state index in [1.807, 2.05) is 0 Å². The maximum Gasteiger partial charge on any atom is 0.250 e. The van der Waals surface area contributed by atoms with Gasteiger partial charge in [0, 0.05) is 12.1 Å². The minimum atomic E-state index is -0.0221. The minimum absolute atomic E-state index is 0.0221. The van der Waals surface area contributed by atoms with Gasteiger partial charge in [-0.3, -0.25) is 0 Å². The molecule has 2 N–H and O–H groups in total. The second-order valence-corrected chi connectivity index (χ2v) is 2.02. The second kappa shape index (κ2) is 3.29. The summed E-state index contributed by atoms with van der Waals surface area (Å²) in [6.45, 7) is 0.0258. The molecule has 0 amide bonds. The Kier molecular flexibility index (Phi) is 2.36. The Morgan fingerprint density at radius 2 is 1.80 bits per heavy atom. The summed E-state index contributed by atoms with van der Waals surface area (Å²) in [5, 5.41) is 17.2. The Morgan fingerprint density at radius 3 is 2.20 bits per heavy atom. The van der Waals surface area contributed by atoms with Crippen molar-refractivity contribution in [1.29, 1.82) is 0 Å². The van der Waals surface area contributed by atoms with E-state index in [1.54, 1.807) is 29.1 Å². The highest BCUT2D eigenvalue weighted by molar-refractivity contribution is 5.04. The molecule has 3 heteroatoms. The van der Waals surface area contributed by atoms with Crippen LogP contribution in [0.5, 0.6) is 0 Å². The highest BCUT2D eigenvalue weighted by Gasteiger charge is 1.95. The predicted octanol–water partition coefficient (Wildman–Crippen LogP) is -0.584. The third-order valence-corrected chi connectivity index (χ3v) is 1.31. The van der Waals surface area contributed by atoms with Gasteiger partial charge < -0.3 is 10.2 Å². The lowest BCUT2D eigenvalue weighted by atomic mass is 10.3. The van der Waals surface area contributed by atoms with Crippen LogP contribution in [0.15, 0.2) is 24.5 Å². The first kappa shape index (κ1) is 7.18. The van der Waals surface area contributed by atoms with Crippen molar-refractivity contribution in [3.05, 3.63) is 30.1 Å². The zero-order valence-electron chi connectivity index (χ0n) is 5.57. The quantitative estimate of drug-likeness (QED) is 0.540. The van der Waals surface area contributed by atoms with Crippen LogP contribution in [-0.2, 0) is 13.3 Å². The molecule has 54 valence electrons. The maximum atomic E-state index is 8.63. The van der Waals surface area contributed by atoms with E-state index in [9.17, 15) is 0 Å². The first-order valence-electron chi connectivity index (χ1n) is 3.06. The molecular formula is C7H10NO2+. The molecular weight excluding hydrogens is 130 g/mol. The van der Waals surface area contributed by atoms with Crippen LogP contribution in [0.2, 0.25) is 0 Å². The Labute approximate surface area is 59.2 Å². The van der Waals surface area contributed by atoms with E-state index < -0.39 is 0 Å². The molecule has 0 aromatic carbocycles. The van der Waals surface area contributed by atoms with Gasteiger partial charge in [0.1, 0.15) is 0 Å². The fourth-order valence-electron chi connectivity index (χ4n) is 0.688. The SMILES string of the molecule is OCc1cc[n+](CO)cc1. The number of aliphatic hydroxyl groups excluding tert-OH is 2. The van der Waals surface area contributed by atoms with Crippen molar-refractivity contribution >= 4 is 0 Å². The molecule has 1 aromatic rings. The van der Waals surface area contributed by atoms with E-state index in [-0.39, 0.29) is 13.3 Å². The second-order valence-electron chi connectivity index (χ2n) is 2.02. The fourth-order valence-corrected chi connectivity index (χ4v) is 0.688. The van der Waals surface area contributed by atoms with Crippen LogP contribution < -0.4 is 4.57 Å². The molecule has 0 unspecified atom stereocenters. The molecule has 0 fully saturated rings.